The van der Waals surface area contributed by atoms with Gasteiger partial charge in [-0.25, -0.2) is 4.39 Å². The van der Waals surface area contributed by atoms with E-state index in [1.807, 2.05) is 54.6 Å². The number of amides is 1. The van der Waals surface area contributed by atoms with Crippen LogP contribution in [0.2, 0.25) is 0 Å². The molecule has 1 atom stereocenters. The molecule has 0 bridgehead atoms. The van der Waals surface area contributed by atoms with E-state index in [-0.39, 0.29) is 33.6 Å². The molecule has 0 spiro atoms. The number of benzene rings is 3. The van der Waals surface area contributed by atoms with E-state index in [2.05, 4.69) is 6.92 Å². The molecule has 3 aromatic carbocycles. The first-order valence-electron chi connectivity index (χ1n) is 9.82. The standard InChI is InChI=1S/C25H18FNO3/c1-2-15-8-10-16(11-9-15)22-21-23(28)19-14-17(26)12-13-20(19)30-24(21)25(29)27(22)18-6-4-3-5-7-18/h3-14,22H,2H2,1H3. The number of aryl methyl sites for hydroxylation is 1. The fourth-order valence-corrected chi connectivity index (χ4v) is 4.05. The van der Waals surface area contributed by atoms with E-state index >= 15 is 0 Å². The molecular weight excluding hydrogens is 381 g/mol. The van der Waals surface area contributed by atoms with Crippen LogP contribution in [0.3, 0.4) is 0 Å². The largest absolute Gasteiger partial charge is 0.450 e. The molecule has 0 saturated carbocycles. The van der Waals surface area contributed by atoms with Crippen LogP contribution in [-0.2, 0) is 6.42 Å². The minimum absolute atomic E-state index is 0.00697. The molecule has 1 aromatic heterocycles. The quantitative estimate of drug-likeness (QED) is 0.473. The van der Waals surface area contributed by atoms with Gasteiger partial charge in [-0.2, -0.15) is 0 Å². The van der Waals surface area contributed by atoms with Gasteiger partial charge in [0.1, 0.15) is 11.4 Å². The number of hydrogen-bond donors (Lipinski definition) is 0. The first-order valence-corrected chi connectivity index (χ1v) is 9.82. The van der Waals surface area contributed by atoms with Crippen LogP contribution in [0.25, 0.3) is 11.0 Å². The summed E-state index contributed by atoms with van der Waals surface area (Å²) in [5, 5.41) is 0.131. The first kappa shape index (κ1) is 18.3. The van der Waals surface area contributed by atoms with Crippen molar-refractivity contribution < 1.29 is 13.6 Å². The number of nitrogens with zero attached hydrogens (tertiary/aromatic N) is 1. The zero-order valence-corrected chi connectivity index (χ0v) is 16.3. The van der Waals surface area contributed by atoms with Gasteiger partial charge in [-0.3, -0.25) is 14.5 Å². The fourth-order valence-electron chi connectivity index (χ4n) is 4.05. The van der Waals surface area contributed by atoms with Crippen LogP contribution < -0.4 is 10.3 Å². The predicted octanol–water partition coefficient (Wildman–Crippen LogP) is 5.24. The maximum Gasteiger partial charge on any atom is 0.295 e. The summed E-state index contributed by atoms with van der Waals surface area (Å²) in [5.74, 6) is -0.903. The van der Waals surface area contributed by atoms with Crippen molar-refractivity contribution in [1.29, 1.82) is 0 Å². The molecular formula is C25H18FNO3. The molecule has 0 fully saturated rings. The van der Waals surface area contributed by atoms with Gasteiger partial charge in [0.25, 0.3) is 5.91 Å². The zero-order chi connectivity index (χ0) is 20.8. The molecule has 1 unspecified atom stereocenters. The van der Waals surface area contributed by atoms with Gasteiger partial charge < -0.3 is 4.42 Å². The highest BCUT2D eigenvalue weighted by Gasteiger charge is 2.43. The van der Waals surface area contributed by atoms with Crippen molar-refractivity contribution in [2.24, 2.45) is 0 Å². The maximum absolute atomic E-state index is 13.8. The number of hydrogen-bond acceptors (Lipinski definition) is 3. The van der Waals surface area contributed by atoms with Crippen molar-refractivity contribution in [2.45, 2.75) is 19.4 Å². The Balaban J connectivity index is 1.80. The number of carbonyl (C=O) groups is 1. The van der Waals surface area contributed by atoms with Gasteiger partial charge in [0.05, 0.1) is 17.0 Å². The lowest BCUT2D eigenvalue weighted by molar-refractivity contribution is 0.0971. The molecule has 1 aliphatic rings. The lowest BCUT2D eigenvalue weighted by Crippen LogP contribution is -2.29. The van der Waals surface area contributed by atoms with E-state index in [9.17, 15) is 14.0 Å². The van der Waals surface area contributed by atoms with Gasteiger partial charge in [-0.1, -0.05) is 49.4 Å². The lowest BCUT2D eigenvalue weighted by Gasteiger charge is -2.25. The fraction of sp³-hybridized carbons (Fsp3) is 0.120. The summed E-state index contributed by atoms with van der Waals surface area (Å²) in [6.45, 7) is 2.06. The highest BCUT2D eigenvalue weighted by atomic mass is 19.1. The first-order chi connectivity index (χ1) is 14.6. The number of halogens is 1. The van der Waals surface area contributed by atoms with Crippen molar-refractivity contribution in [3.05, 3.63) is 111 Å². The van der Waals surface area contributed by atoms with E-state index in [4.69, 9.17) is 4.42 Å². The molecule has 2 heterocycles. The van der Waals surface area contributed by atoms with E-state index in [1.165, 1.54) is 12.1 Å². The SMILES string of the molecule is CCc1ccc(C2c3c(oc4ccc(F)cc4c3=O)C(=O)N2c2ccccc2)cc1. The van der Waals surface area contributed by atoms with E-state index in [0.717, 1.165) is 23.6 Å². The van der Waals surface area contributed by atoms with Crippen LogP contribution in [0.4, 0.5) is 10.1 Å². The molecule has 0 saturated heterocycles. The van der Waals surface area contributed by atoms with Crippen molar-refractivity contribution in [1.82, 2.24) is 0 Å². The summed E-state index contributed by atoms with van der Waals surface area (Å²) in [6, 6.07) is 20.1. The van der Waals surface area contributed by atoms with Gasteiger partial charge >= 0.3 is 0 Å². The molecule has 5 heteroatoms. The molecule has 1 amide bonds. The molecule has 0 N–H and O–H groups in total. The van der Waals surface area contributed by atoms with Gasteiger partial charge in [0.2, 0.25) is 5.76 Å². The average molecular weight is 399 g/mol. The van der Waals surface area contributed by atoms with E-state index in [0.29, 0.717) is 5.69 Å². The van der Waals surface area contributed by atoms with Gasteiger partial charge in [0, 0.05) is 5.69 Å². The maximum atomic E-state index is 13.8. The summed E-state index contributed by atoms with van der Waals surface area (Å²) in [6.07, 6.45) is 0.884. The van der Waals surface area contributed by atoms with Crippen molar-refractivity contribution in [3.8, 4) is 0 Å². The number of fused-ring (bicyclic) bond motifs is 2. The average Bonchev–Trinajstić information content (AvgIpc) is 3.07. The molecule has 30 heavy (non-hydrogen) atoms. The molecule has 0 radical (unpaired) electrons. The topological polar surface area (TPSA) is 50.5 Å². The summed E-state index contributed by atoms with van der Waals surface area (Å²) in [5.41, 5.74) is 2.67. The minimum Gasteiger partial charge on any atom is -0.450 e. The smallest absolute Gasteiger partial charge is 0.295 e. The van der Waals surface area contributed by atoms with Crippen LogP contribution >= 0.6 is 0 Å². The zero-order valence-electron chi connectivity index (χ0n) is 16.3. The number of carbonyl (C=O) groups excluding carboxylic acids is 1. The molecule has 0 aliphatic carbocycles. The summed E-state index contributed by atoms with van der Waals surface area (Å²) in [4.78, 5) is 28.4. The Morgan fingerprint density at radius 3 is 2.40 bits per heavy atom. The second kappa shape index (κ2) is 6.95. The molecule has 4 nitrogen and oxygen atoms in total. The number of para-hydroxylation sites is 1. The summed E-state index contributed by atoms with van der Waals surface area (Å²) < 4.78 is 19.7. The van der Waals surface area contributed by atoms with Crippen LogP contribution in [0.1, 0.15) is 40.2 Å². The van der Waals surface area contributed by atoms with Crippen molar-refractivity contribution in [3.63, 3.8) is 0 Å². The lowest BCUT2D eigenvalue weighted by atomic mass is 9.97. The van der Waals surface area contributed by atoms with Crippen LogP contribution in [-0.4, -0.2) is 5.91 Å². The predicted molar refractivity (Wildman–Crippen MR) is 113 cm³/mol. The second-order valence-corrected chi connectivity index (χ2v) is 7.32. The van der Waals surface area contributed by atoms with Crippen LogP contribution in [0, 0.1) is 5.82 Å². The van der Waals surface area contributed by atoms with E-state index < -0.39 is 11.9 Å². The Bertz CT molecular complexity index is 1330. The summed E-state index contributed by atoms with van der Waals surface area (Å²) in [7, 11) is 0. The third-order valence-corrected chi connectivity index (χ3v) is 5.57. The number of rotatable bonds is 3. The minimum atomic E-state index is -0.648. The Morgan fingerprint density at radius 2 is 1.70 bits per heavy atom. The van der Waals surface area contributed by atoms with E-state index in [1.54, 1.807) is 4.90 Å². The highest BCUT2D eigenvalue weighted by Crippen LogP contribution is 2.41. The van der Waals surface area contributed by atoms with Crippen LogP contribution in [0.5, 0.6) is 0 Å². The number of anilines is 1. The highest BCUT2D eigenvalue weighted by molar-refractivity contribution is 6.10. The molecule has 5 rings (SSSR count). The third-order valence-electron chi connectivity index (χ3n) is 5.57. The Kier molecular flexibility index (Phi) is 4.24. The molecule has 148 valence electrons. The molecule has 1 aliphatic heterocycles. The third kappa shape index (κ3) is 2.74. The van der Waals surface area contributed by atoms with Gasteiger partial charge in [-0.15, -0.1) is 0 Å². The van der Waals surface area contributed by atoms with Crippen molar-refractivity contribution in [2.75, 3.05) is 4.90 Å². The second-order valence-electron chi connectivity index (χ2n) is 7.32. The monoisotopic (exact) mass is 399 g/mol. The Labute approximate surface area is 172 Å². The normalized spacial score (nSPS) is 15.6. The Hall–Kier alpha value is -3.73. The summed E-state index contributed by atoms with van der Waals surface area (Å²) >= 11 is 0. The van der Waals surface area contributed by atoms with Gasteiger partial charge in [0.15, 0.2) is 5.43 Å². The van der Waals surface area contributed by atoms with Crippen molar-refractivity contribution >= 4 is 22.6 Å². The van der Waals surface area contributed by atoms with Gasteiger partial charge in [-0.05, 0) is 47.9 Å². The van der Waals surface area contributed by atoms with Crippen LogP contribution in [0.15, 0.2) is 82.0 Å². The Morgan fingerprint density at radius 1 is 0.967 bits per heavy atom. The molecule has 4 aromatic rings.